The number of nitrogens with one attached hydrogen (secondary N) is 2. The third kappa shape index (κ3) is 4.36. The maximum absolute atomic E-state index is 12.4. The summed E-state index contributed by atoms with van der Waals surface area (Å²) in [7, 11) is 0. The molecule has 2 N–H and O–H groups in total. The van der Waals surface area contributed by atoms with Crippen LogP contribution in [-0.2, 0) is 11.3 Å². The average molecular weight is 348 g/mol. The fourth-order valence-corrected chi connectivity index (χ4v) is 2.57. The number of imidazole rings is 1. The second-order valence-corrected chi connectivity index (χ2v) is 6.01. The number of benzene rings is 2. The summed E-state index contributed by atoms with van der Waals surface area (Å²) in [5.41, 5.74) is 3.04. The number of amides is 2. The molecule has 2 amide bonds. The van der Waals surface area contributed by atoms with Gasteiger partial charge in [0, 0.05) is 42.8 Å². The molecule has 0 bridgehead atoms. The van der Waals surface area contributed by atoms with Crippen molar-refractivity contribution < 1.29 is 9.59 Å². The molecule has 0 spiro atoms. The minimum absolute atomic E-state index is 0.132. The lowest BCUT2D eigenvalue weighted by molar-refractivity contribution is -0.114. The highest BCUT2D eigenvalue weighted by atomic mass is 16.2. The van der Waals surface area contributed by atoms with Crippen LogP contribution in [0.3, 0.4) is 0 Å². The highest BCUT2D eigenvalue weighted by molar-refractivity contribution is 6.04. The van der Waals surface area contributed by atoms with Crippen LogP contribution in [0.25, 0.3) is 0 Å². The number of anilines is 2. The van der Waals surface area contributed by atoms with E-state index in [0.717, 1.165) is 17.9 Å². The standard InChI is InChI=1S/C20H20N4O2/c1-14-21-11-12-24(14)13-16-3-5-17(6-4-16)20(26)23-19-9-7-18(8-10-19)22-15(2)25/h3-12H,13H2,1-2H3,(H,22,25)(H,23,26). The Hall–Kier alpha value is -3.41. The van der Waals surface area contributed by atoms with Crippen LogP contribution in [0.15, 0.2) is 60.9 Å². The molecule has 3 rings (SSSR count). The topological polar surface area (TPSA) is 76.0 Å². The van der Waals surface area contributed by atoms with Gasteiger partial charge in [0.25, 0.3) is 5.91 Å². The molecule has 1 aromatic heterocycles. The Balaban J connectivity index is 1.62. The zero-order valence-corrected chi connectivity index (χ0v) is 14.7. The van der Waals surface area contributed by atoms with E-state index < -0.39 is 0 Å². The fraction of sp³-hybridized carbons (Fsp3) is 0.150. The molecule has 2 aromatic carbocycles. The second-order valence-electron chi connectivity index (χ2n) is 6.01. The van der Waals surface area contributed by atoms with Gasteiger partial charge in [0.15, 0.2) is 0 Å². The van der Waals surface area contributed by atoms with Crippen molar-refractivity contribution in [1.82, 2.24) is 9.55 Å². The van der Waals surface area contributed by atoms with Crippen LogP contribution in [0.2, 0.25) is 0 Å². The fourth-order valence-electron chi connectivity index (χ4n) is 2.57. The molecule has 0 saturated heterocycles. The second kappa shape index (κ2) is 7.65. The number of aryl methyl sites for hydroxylation is 1. The first kappa shape index (κ1) is 17.4. The van der Waals surface area contributed by atoms with Crippen molar-refractivity contribution in [3.05, 3.63) is 77.9 Å². The summed E-state index contributed by atoms with van der Waals surface area (Å²) in [6, 6.07) is 14.5. The van der Waals surface area contributed by atoms with E-state index in [2.05, 4.69) is 15.6 Å². The van der Waals surface area contributed by atoms with Crippen LogP contribution in [-0.4, -0.2) is 21.4 Å². The number of rotatable bonds is 5. The molecule has 0 unspecified atom stereocenters. The smallest absolute Gasteiger partial charge is 0.255 e. The summed E-state index contributed by atoms with van der Waals surface area (Å²) in [5, 5.41) is 5.53. The van der Waals surface area contributed by atoms with E-state index in [0.29, 0.717) is 16.9 Å². The molecule has 0 aliphatic rings. The minimum atomic E-state index is -0.178. The van der Waals surface area contributed by atoms with Gasteiger partial charge in [-0.1, -0.05) is 12.1 Å². The molecular formula is C20H20N4O2. The predicted octanol–water partition coefficient (Wildman–Crippen LogP) is 3.45. The van der Waals surface area contributed by atoms with Gasteiger partial charge in [-0.2, -0.15) is 0 Å². The maximum Gasteiger partial charge on any atom is 0.255 e. The van der Waals surface area contributed by atoms with Gasteiger partial charge in [0.05, 0.1) is 0 Å². The highest BCUT2D eigenvalue weighted by Crippen LogP contribution is 2.15. The number of carbonyl (C=O) groups excluding carboxylic acids is 2. The first-order chi connectivity index (χ1) is 12.5. The summed E-state index contributed by atoms with van der Waals surface area (Å²) in [5.74, 6) is 0.643. The molecule has 132 valence electrons. The van der Waals surface area contributed by atoms with E-state index in [-0.39, 0.29) is 11.8 Å². The van der Waals surface area contributed by atoms with E-state index in [9.17, 15) is 9.59 Å². The highest BCUT2D eigenvalue weighted by Gasteiger charge is 2.07. The van der Waals surface area contributed by atoms with E-state index in [1.54, 1.807) is 30.5 Å². The van der Waals surface area contributed by atoms with Gasteiger partial charge in [-0.05, 0) is 48.9 Å². The first-order valence-corrected chi connectivity index (χ1v) is 8.27. The number of hydrogen-bond acceptors (Lipinski definition) is 3. The number of nitrogens with zero attached hydrogens (tertiary/aromatic N) is 2. The van der Waals surface area contributed by atoms with E-state index in [1.165, 1.54) is 6.92 Å². The number of aromatic nitrogens is 2. The normalized spacial score (nSPS) is 10.4. The predicted molar refractivity (Wildman–Crippen MR) is 101 cm³/mol. The Bertz CT molecular complexity index is 912. The Morgan fingerprint density at radius 2 is 1.58 bits per heavy atom. The van der Waals surface area contributed by atoms with Gasteiger partial charge < -0.3 is 15.2 Å². The van der Waals surface area contributed by atoms with Crippen LogP contribution in [0, 0.1) is 6.92 Å². The molecule has 0 atom stereocenters. The quantitative estimate of drug-likeness (QED) is 0.741. The van der Waals surface area contributed by atoms with Crippen molar-refractivity contribution >= 4 is 23.2 Å². The average Bonchev–Trinajstić information content (AvgIpc) is 3.01. The third-order valence-electron chi connectivity index (χ3n) is 3.96. The summed E-state index contributed by atoms with van der Waals surface area (Å²) in [6.07, 6.45) is 3.70. The lowest BCUT2D eigenvalue weighted by atomic mass is 10.1. The van der Waals surface area contributed by atoms with Crippen LogP contribution in [0.4, 0.5) is 11.4 Å². The van der Waals surface area contributed by atoms with Crippen molar-refractivity contribution in [3.63, 3.8) is 0 Å². The van der Waals surface area contributed by atoms with Crippen molar-refractivity contribution in [2.75, 3.05) is 10.6 Å². The molecule has 0 fully saturated rings. The summed E-state index contributed by atoms with van der Waals surface area (Å²) in [6.45, 7) is 4.13. The van der Waals surface area contributed by atoms with Gasteiger partial charge in [-0.15, -0.1) is 0 Å². The van der Waals surface area contributed by atoms with Gasteiger partial charge in [0.1, 0.15) is 5.82 Å². The molecule has 0 saturated carbocycles. The van der Waals surface area contributed by atoms with Crippen molar-refractivity contribution in [1.29, 1.82) is 0 Å². The largest absolute Gasteiger partial charge is 0.331 e. The van der Waals surface area contributed by atoms with Crippen molar-refractivity contribution in [2.45, 2.75) is 20.4 Å². The molecule has 26 heavy (non-hydrogen) atoms. The molecule has 0 aliphatic heterocycles. The Kier molecular flexibility index (Phi) is 5.12. The molecule has 6 heteroatoms. The van der Waals surface area contributed by atoms with Crippen LogP contribution >= 0.6 is 0 Å². The van der Waals surface area contributed by atoms with Crippen LogP contribution in [0.5, 0.6) is 0 Å². The zero-order valence-electron chi connectivity index (χ0n) is 14.7. The Labute approximate surface area is 151 Å². The third-order valence-corrected chi connectivity index (χ3v) is 3.96. The molecule has 0 aliphatic carbocycles. The van der Waals surface area contributed by atoms with E-state index in [1.807, 2.05) is 42.0 Å². The van der Waals surface area contributed by atoms with Crippen LogP contribution < -0.4 is 10.6 Å². The minimum Gasteiger partial charge on any atom is -0.331 e. The molecule has 0 radical (unpaired) electrons. The monoisotopic (exact) mass is 348 g/mol. The maximum atomic E-state index is 12.4. The van der Waals surface area contributed by atoms with Crippen LogP contribution in [0.1, 0.15) is 28.7 Å². The number of hydrogen-bond donors (Lipinski definition) is 2. The SMILES string of the molecule is CC(=O)Nc1ccc(NC(=O)c2ccc(Cn3ccnc3C)cc2)cc1. The van der Waals surface area contributed by atoms with Gasteiger partial charge in [0.2, 0.25) is 5.91 Å². The number of carbonyl (C=O) groups is 2. The van der Waals surface area contributed by atoms with Gasteiger partial charge >= 0.3 is 0 Å². The lowest BCUT2D eigenvalue weighted by Gasteiger charge is -2.09. The summed E-state index contributed by atoms with van der Waals surface area (Å²) in [4.78, 5) is 27.6. The van der Waals surface area contributed by atoms with Crippen molar-refractivity contribution in [3.8, 4) is 0 Å². The Morgan fingerprint density at radius 3 is 2.12 bits per heavy atom. The lowest BCUT2D eigenvalue weighted by Crippen LogP contribution is -2.12. The molecule has 6 nitrogen and oxygen atoms in total. The summed E-state index contributed by atoms with van der Waals surface area (Å²) >= 11 is 0. The first-order valence-electron chi connectivity index (χ1n) is 8.27. The molecular weight excluding hydrogens is 328 g/mol. The van der Waals surface area contributed by atoms with E-state index in [4.69, 9.17) is 0 Å². The molecule has 1 heterocycles. The van der Waals surface area contributed by atoms with Crippen molar-refractivity contribution in [2.24, 2.45) is 0 Å². The summed E-state index contributed by atoms with van der Waals surface area (Å²) < 4.78 is 2.05. The van der Waals surface area contributed by atoms with E-state index >= 15 is 0 Å². The molecule has 3 aromatic rings. The zero-order chi connectivity index (χ0) is 18.5. The van der Waals surface area contributed by atoms with Gasteiger partial charge in [-0.25, -0.2) is 4.98 Å². The van der Waals surface area contributed by atoms with Gasteiger partial charge in [-0.3, -0.25) is 9.59 Å². The Morgan fingerprint density at radius 1 is 0.962 bits per heavy atom.